The Hall–Kier alpha value is -1.66. The number of rotatable bonds is 4. The quantitative estimate of drug-likeness (QED) is 0.793. The maximum absolute atomic E-state index is 6.12. The van der Waals surface area contributed by atoms with Gasteiger partial charge in [0, 0.05) is 36.4 Å². The summed E-state index contributed by atoms with van der Waals surface area (Å²) >= 11 is 1.64. The van der Waals surface area contributed by atoms with Gasteiger partial charge >= 0.3 is 0 Å². The molecule has 2 N–H and O–H groups in total. The third-order valence-electron chi connectivity index (χ3n) is 3.37. The molecular formula is C13H17N5S. The molecular weight excluding hydrogens is 258 g/mol. The third kappa shape index (κ3) is 2.06. The average Bonchev–Trinajstić information content (AvgIpc) is 3.06. The third-order valence-corrected chi connectivity index (χ3v) is 4.13. The van der Waals surface area contributed by atoms with Crippen molar-refractivity contribution in [1.82, 2.24) is 18.9 Å². The van der Waals surface area contributed by atoms with E-state index in [1.807, 2.05) is 23.1 Å². The van der Waals surface area contributed by atoms with Crippen molar-refractivity contribution in [1.29, 1.82) is 0 Å². The molecule has 0 amide bonds. The van der Waals surface area contributed by atoms with Gasteiger partial charge in [0.25, 0.3) is 0 Å². The number of thiazole rings is 1. The van der Waals surface area contributed by atoms with Crippen molar-refractivity contribution in [2.75, 3.05) is 0 Å². The molecule has 3 aromatic heterocycles. The maximum Gasteiger partial charge on any atom is 0.195 e. The highest BCUT2D eigenvalue weighted by Crippen LogP contribution is 2.22. The molecule has 0 saturated carbocycles. The molecule has 0 saturated heterocycles. The molecule has 6 heteroatoms. The molecule has 3 heterocycles. The lowest BCUT2D eigenvalue weighted by Crippen LogP contribution is -2.23. The highest BCUT2D eigenvalue weighted by atomic mass is 32.1. The van der Waals surface area contributed by atoms with Crippen molar-refractivity contribution in [3.05, 3.63) is 35.5 Å². The fourth-order valence-electron chi connectivity index (χ4n) is 2.20. The summed E-state index contributed by atoms with van der Waals surface area (Å²) in [6.45, 7) is 4.09. The molecule has 0 aliphatic heterocycles. The fourth-order valence-corrected chi connectivity index (χ4v) is 2.93. The van der Waals surface area contributed by atoms with E-state index in [0.29, 0.717) is 0 Å². The normalized spacial score (nSPS) is 13.2. The van der Waals surface area contributed by atoms with Crippen LogP contribution in [0, 0.1) is 6.92 Å². The molecule has 0 aliphatic carbocycles. The van der Waals surface area contributed by atoms with Crippen LogP contribution >= 0.6 is 11.3 Å². The lowest BCUT2D eigenvalue weighted by Gasteiger charge is -2.10. The topological polar surface area (TPSA) is 61.1 Å². The van der Waals surface area contributed by atoms with Crippen molar-refractivity contribution < 1.29 is 0 Å². The number of aromatic nitrogens is 4. The van der Waals surface area contributed by atoms with Crippen LogP contribution in [0.5, 0.6) is 0 Å². The molecule has 3 rings (SSSR count). The first kappa shape index (κ1) is 12.4. The predicted molar refractivity (Wildman–Crippen MR) is 76.9 cm³/mol. The Morgan fingerprint density at radius 3 is 2.95 bits per heavy atom. The second-order valence-corrected chi connectivity index (χ2v) is 5.53. The average molecular weight is 275 g/mol. The van der Waals surface area contributed by atoms with Gasteiger partial charge in [-0.3, -0.25) is 8.97 Å². The highest BCUT2D eigenvalue weighted by molar-refractivity contribution is 7.15. The van der Waals surface area contributed by atoms with Gasteiger partial charge in [0.1, 0.15) is 5.82 Å². The smallest absolute Gasteiger partial charge is 0.195 e. The van der Waals surface area contributed by atoms with Crippen molar-refractivity contribution in [2.24, 2.45) is 5.73 Å². The Bertz CT molecular complexity index is 693. The van der Waals surface area contributed by atoms with Gasteiger partial charge in [0.15, 0.2) is 10.8 Å². The number of imidazole rings is 2. The zero-order valence-electron chi connectivity index (χ0n) is 11.1. The molecule has 0 bridgehead atoms. The van der Waals surface area contributed by atoms with Crippen LogP contribution in [0.2, 0.25) is 0 Å². The van der Waals surface area contributed by atoms with Crippen molar-refractivity contribution in [3.8, 4) is 5.82 Å². The second-order valence-electron chi connectivity index (χ2n) is 4.65. The molecule has 0 aromatic carbocycles. The van der Waals surface area contributed by atoms with Gasteiger partial charge in [-0.1, -0.05) is 6.92 Å². The van der Waals surface area contributed by atoms with Crippen LogP contribution in [-0.2, 0) is 6.42 Å². The number of hydrogen-bond acceptors (Lipinski definition) is 4. The Kier molecular flexibility index (Phi) is 3.12. The molecule has 0 fully saturated rings. The number of nitrogens with two attached hydrogens (primary N) is 1. The minimum absolute atomic E-state index is 0.155. The van der Waals surface area contributed by atoms with Crippen molar-refractivity contribution in [3.63, 3.8) is 0 Å². The van der Waals surface area contributed by atoms with E-state index >= 15 is 0 Å². The summed E-state index contributed by atoms with van der Waals surface area (Å²) in [5.41, 5.74) is 7.28. The van der Waals surface area contributed by atoms with Gasteiger partial charge in [-0.05, 0) is 13.3 Å². The first-order valence-electron chi connectivity index (χ1n) is 6.41. The van der Waals surface area contributed by atoms with Crippen LogP contribution in [0.25, 0.3) is 10.8 Å². The number of aryl methyl sites for hydroxylation is 1. The Morgan fingerprint density at radius 1 is 1.42 bits per heavy atom. The van der Waals surface area contributed by atoms with E-state index in [9.17, 15) is 0 Å². The zero-order chi connectivity index (χ0) is 13.4. The Balaban J connectivity index is 2.15. The standard InChI is InChI=1S/C13H17N5S/c1-3-10(14)8-11-12(17-5-4-15-9(17)2)16-13-18(11)6-7-19-13/h4-7,10H,3,8,14H2,1-2H3. The van der Waals surface area contributed by atoms with Gasteiger partial charge in [0.05, 0.1) is 5.69 Å². The van der Waals surface area contributed by atoms with Crippen LogP contribution in [-0.4, -0.2) is 25.0 Å². The van der Waals surface area contributed by atoms with E-state index in [4.69, 9.17) is 10.7 Å². The van der Waals surface area contributed by atoms with Crippen LogP contribution in [0.4, 0.5) is 0 Å². The molecule has 100 valence electrons. The minimum atomic E-state index is 0.155. The Morgan fingerprint density at radius 2 is 2.26 bits per heavy atom. The van der Waals surface area contributed by atoms with Crippen LogP contribution in [0.3, 0.4) is 0 Å². The van der Waals surface area contributed by atoms with Crippen LogP contribution < -0.4 is 5.73 Å². The maximum atomic E-state index is 6.12. The summed E-state index contributed by atoms with van der Waals surface area (Å²) in [7, 11) is 0. The van der Waals surface area contributed by atoms with E-state index < -0.39 is 0 Å². The van der Waals surface area contributed by atoms with Gasteiger partial charge in [-0.15, -0.1) is 11.3 Å². The summed E-state index contributed by atoms with van der Waals surface area (Å²) in [5, 5.41) is 2.05. The minimum Gasteiger partial charge on any atom is -0.327 e. The van der Waals surface area contributed by atoms with Crippen LogP contribution in [0.15, 0.2) is 24.0 Å². The number of nitrogens with zero attached hydrogens (tertiary/aromatic N) is 4. The summed E-state index contributed by atoms with van der Waals surface area (Å²) in [6.07, 6.45) is 7.58. The summed E-state index contributed by atoms with van der Waals surface area (Å²) in [5.74, 6) is 1.89. The number of fused-ring (bicyclic) bond motifs is 1. The predicted octanol–water partition coefficient (Wildman–Crippen LogP) is 2.17. The zero-order valence-corrected chi connectivity index (χ0v) is 11.9. The van der Waals surface area contributed by atoms with E-state index in [-0.39, 0.29) is 6.04 Å². The molecule has 0 aliphatic rings. The van der Waals surface area contributed by atoms with Crippen LogP contribution in [0.1, 0.15) is 24.9 Å². The van der Waals surface area contributed by atoms with Gasteiger partial charge in [0.2, 0.25) is 0 Å². The van der Waals surface area contributed by atoms with Gasteiger partial charge in [-0.2, -0.15) is 0 Å². The lowest BCUT2D eigenvalue weighted by atomic mass is 10.1. The van der Waals surface area contributed by atoms with Crippen molar-refractivity contribution in [2.45, 2.75) is 32.7 Å². The first-order valence-corrected chi connectivity index (χ1v) is 7.29. The fraction of sp³-hybridized carbons (Fsp3) is 0.385. The summed E-state index contributed by atoms with van der Waals surface area (Å²) < 4.78 is 4.16. The summed E-state index contributed by atoms with van der Waals surface area (Å²) in [6, 6.07) is 0.155. The molecule has 1 unspecified atom stereocenters. The molecule has 19 heavy (non-hydrogen) atoms. The molecule has 0 spiro atoms. The lowest BCUT2D eigenvalue weighted by molar-refractivity contribution is 0.631. The monoisotopic (exact) mass is 275 g/mol. The van der Waals surface area contributed by atoms with E-state index in [1.165, 1.54) is 0 Å². The molecule has 5 nitrogen and oxygen atoms in total. The second kappa shape index (κ2) is 4.79. The number of hydrogen-bond donors (Lipinski definition) is 1. The molecule has 0 radical (unpaired) electrons. The molecule has 1 atom stereocenters. The van der Waals surface area contributed by atoms with E-state index in [1.54, 1.807) is 17.5 Å². The first-order chi connectivity index (χ1) is 9.20. The van der Waals surface area contributed by atoms with Crippen molar-refractivity contribution >= 4 is 16.3 Å². The van der Waals surface area contributed by atoms with Gasteiger partial charge < -0.3 is 5.73 Å². The largest absolute Gasteiger partial charge is 0.327 e. The molecule has 3 aromatic rings. The highest BCUT2D eigenvalue weighted by Gasteiger charge is 2.17. The SMILES string of the molecule is CCC(N)Cc1c(-n2ccnc2C)nc2sccn12. The van der Waals surface area contributed by atoms with Gasteiger partial charge in [-0.25, -0.2) is 9.97 Å². The van der Waals surface area contributed by atoms with E-state index in [2.05, 4.69) is 22.5 Å². The van der Waals surface area contributed by atoms with E-state index in [0.717, 1.165) is 35.1 Å². The Labute approximate surface area is 115 Å². The summed E-state index contributed by atoms with van der Waals surface area (Å²) in [4.78, 5) is 9.99.